The number of benzene rings is 1. The van der Waals surface area contributed by atoms with Gasteiger partial charge in [0.2, 0.25) is 0 Å². The van der Waals surface area contributed by atoms with Crippen LogP contribution in [0.25, 0.3) is 10.9 Å². The summed E-state index contributed by atoms with van der Waals surface area (Å²) in [6.45, 7) is 2.87. The van der Waals surface area contributed by atoms with E-state index in [9.17, 15) is 4.79 Å². The van der Waals surface area contributed by atoms with Crippen LogP contribution >= 0.6 is 0 Å². The van der Waals surface area contributed by atoms with E-state index in [4.69, 9.17) is 0 Å². The van der Waals surface area contributed by atoms with Crippen molar-refractivity contribution in [2.45, 2.75) is 51.6 Å². The number of rotatable bonds is 4. The third-order valence-corrected chi connectivity index (χ3v) is 4.61. The number of nitrogens with one attached hydrogen (secondary N) is 2. The molecular weight excluding hydrogens is 262 g/mol. The molecule has 1 aliphatic carbocycles. The summed E-state index contributed by atoms with van der Waals surface area (Å²) in [5.41, 5.74) is 0.714. The molecule has 1 unspecified atom stereocenters. The molecule has 1 saturated carbocycles. The van der Waals surface area contributed by atoms with E-state index < -0.39 is 0 Å². The highest BCUT2D eigenvalue weighted by atomic mass is 16.1. The highest BCUT2D eigenvalue weighted by Crippen LogP contribution is 2.26. The Labute approximate surface area is 125 Å². The second-order valence-corrected chi connectivity index (χ2v) is 6.10. The molecule has 0 spiro atoms. The third-order valence-electron chi connectivity index (χ3n) is 4.61. The van der Waals surface area contributed by atoms with Crippen LogP contribution in [0.3, 0.4) is 0 Å². The van der Waals surface area contributed by atoms with Gasteiger partial charge < -0.3 is 10.3 Å². The minimum absolute atomic E-state index is 0.0530. The lowest BCUT2D eigenvalue weighted by molar-refractivity contribution is 0.279. The van der Waals surface area contributed by atoms with Gasteiger partial charge in [0.25, 0.3) is 5.56 Å². The first-order chi connectivity index (χ1) is 10.2. The standard InChI is InChI=1S/C17H23N3O/c1-12(13-7-3-2-4-8-13)18-11-16-19-15-10-6-5-9-14(15)17(21)20-16/h5-6,9-10,12-13,18H,2-4,7-8,11H2,1H3,(H,19,20,21). The second-order valence-electron chi connectivity index (χ2n) is 6.10. The van der Waals surface area contributed by atoms with E-state index >= 15 is 0 Å². The highest BCUT2D eigenvalue weighted by Gasteiger charge is 2.19. The molecule has 1 heterocycles. The number of fused-ring (bicyclic) bond motifs is 1. The average Bonchev–Trinajstić information content (AvgIpc) is 2.53. The molecule has 1 aliphatic rings. The van der Waals surface area contributed by atoms with Crippen molar-refractivity contribution in [3.8, 4) is 0 Å². The zero-order valence-corrected chi connectivity index (χ0v) is 12.6. The molecule has 21 heavy (non-hydrogen) atoms. The van der Waals surface area contributed by atoms with E-state index in [1.54, 1.807) is 0 Å². The van der Waals surface area contributed by atoms with Gasteiger partial charge in [-0.1, -0.05) is 31.4 Å². The molecular formula is C17H23N3O. The minimum Gasteiger partial charge on any atom is -0.309 e. The van der Waals surface area contributed by atoms with Crippen LogP contribution in [0.15, 0.2) is 29.1 Å². The smallest absolute Gasteiger partial charge is 0.258 e. The summed E-state index contributed by atoms with van der Waals surface area (Å²) in [6, 6.07) is 7.95. The zero-order valence-electron chi connectivity index (χ0n) is 12.6. The molecule has 1 aromatic carbocycles. The van der Waals surface area contributed by atoms with Gasteiger partial charge in [0.15, 0.2) is 0 Å². The Morgan fingerprint density at radius 2 is 2.05 bits per heavy atom. The summed E-state index contributed by atoms with van der Waals surface area (Å²) >= 11 is 0. The van der Waals surface area contributed by atoms with Crippen molar-refractivity contribution in [2.24, 2.45) is 5.92 Å². The van der Waals surface area contributed by atoms with E-state index in [1.165, 1.54) is 32.1 Å². The fourth-order valence-electron chi connectivity index (χ4n) is 3.28. The molecule has 0 radical (unpaired) electrons. The Morgan fingerprint density at radius 3 is 2.86 bits per heavy atom. The number of aromatic amines is 1. The van der Waals surface area contributed by atoms with Crippen LogP contribution in [-0.2, 0) is 6.54 Å². The van der Waals surface area contributed by atoms with E-state index in [2.05, 4.69) is 22.2 Å². The lowest BCUT2D eigenvalue weighted by Gasteiger charge is -2.28. The summed E-state index contributed by atoms with van der Waals surface area (Å²) in [6.07, 6.45) is 6.71. The molecule has 0 saturated heterocycles. The minimum atomic E-state index is -0.0530. The van der Waals surface area contributed by atoms with Crippen molar-refractivity contribution in [1.82, 2.24) is 15.3 Å². The molecule has 0 amide bonds. The maximum absolute atomic E-state index is 12.0. The third kappa shape index (κ3) is 3.32. The molecule has 0 bridgehead atoms. The van der Waals surface area contributed by atoms with Crippen LogP contribution in [0.1, 0.15) is 44.9 Å². The quantitative estimate of drug-likeness (QED) is 0.908. The molecule has 2 N–H and O–H groups in total. The first kappa shape index (κ1) is 14.3. The predicted octanol–water partition coefficient (Wildman–Crippen LogP) is 2.98. The number of aromatic nitrogens is 2. The molecule has 3 rings (SSSR count). The summed E-state index contributed by atoms with van der Waals surface area (Å²) in [7, 11) is 0. The van der Waals surface area contributed by atoms with Crippen LogP contribution in [0.2, 0.25) is 0 Å². The van der Waals surface area contributed by atoms with Crippen LogP contribution in [0, 0.1) is 5.92 Å². The Balaban J connectivity index is 1.69. The summed E-state index contributed by atoms with van der Waals surface area (Å²) < 4.78 is 0. The van der Waals surface area contributed by atoms with E-state index in [-0.39, 0.29) is 5.56 Å². The lowest BCUT2D eigenvalue weighted by atomic mass is 9.84. The normalized spacial score (nSPS) is 18.0. The predicted molar refractivity (Wildman–Crippen MR) is 85.2 cm³/mol. The number of hydrogen-bond donors (Lipinski definition) is 2. The van der Waals surface area contributed by atoms with Gasteiger partial charge >= 0.3 is 0 Å². The lowest BCUT2D eigenvalue weighted by Crippen LogP contribution is -2.35. The maximum Gasteiger partial charge on any atom is 0.258 e. The van der Waals surface area contributed by atoms with Gasteiger partial charge in [0, 0.05) is 6.04 Å². The van der Waals surface area contributed by atoms with Crippen molar-refractivity contribution in [3.63, 3.8) is 0 Å². The molecule has 1 aromatic heterocycles. The topological polar surface area (TPSA) is 57.8 Å². The molecule has 2 aromatic rings. The van der Waals surface area contributed by atoms with E-state index in [0.29, 0.717) is 18.0 Å². The molecule has 1 fully saturated rings. The summed E-state index contributed by atoms with van der Waals surface area (Å²) in [5, 5.41) is 4.18. The van der Waals surface area contributed by atoms with Gasteiger partial charge in [-0.2, -0.15) is 0 Å². The Bertz CT molecular complexity index is 658. The second kappa shape index (κ2) is 6.39. The van der Waals surface area contributed by atoms with Crippen LogP contribution in [0.5, 0.6) is 0 Å². The van der Waals surface area contributed by atoms with Crippen LogP contribution in [-0.4, -0.2) is 16.0 Å². The fraction of sp³-hybridized carbons (Fsp3) is 0.529. The van der Waals surface area contributed by atoms with Gasteiger partial charge in [-0.05, 0) is 37.8 Å². The van der Waals surface area contributed by atoms with Gasteiger partial charge in [-0.25, -0.2) is 4.98 Å². The first-order valence-corrected chi connectivity index (χ1v) is 7.95. The number of hydrogen-bond acceptors (Lipinski definition) is 3. The van der Waals surface area contributed by atoms with Crippen molar-refractivity contribution >= 4 is 10.9 Å². The number of nitrogens with zero attached hydrogens (tertiary/aromatic N) is 1. The summed E-state index contributed by atoms with van der Waals surface area (Å²) in [4.78, 5) is 19.4. The molecule has 4 nitrogen and oxygen atoms in total. The first-order valence-electron chi connectivity index (χ1n) is 7.95. The van der Waals surface area contributed by atoms with Crippen LogP contribution < -0.4 is 10.9 Å². The van der Waals surface area contributed by atoms with Crippen LogP contribution in [0.4, 0.5) is 0 Å². The SMILES string of the molecule is CC(NCc1nc2ccccc2c(=O)[nH]1)C1CCCCC1. The van der Waals surface area contributed by atoms with Gasteiger partial charge in [-0.3, -0.25) is 4.79 Å². The molecule has 4 heteroatoms. The largest absolute Gasteiger partial charge is 0.309 e. The summed E-state index contributed by atoms with van der Waals surface area (Å²) in [5.74, 6) is 1.48. The molecule has 0 aliphatic heterocycles. The number of para-hydroxylation sites is 1. The zero-order chi connectivity index (χ0) is 14.7. The Morgan fingerprint density at radius 1 is 1.29 bits per heavy atom. The molecule has 1 atom stereocenters. The van der Waals surface area contributed by atoms with E-state index in [1.807, 2.05) is 24.3 Å². The fourth-order valence-corrected chi connectivity index (χ4v) is 3.28. The van der Waals surface area contributed by atoms with E-state index in [0.717, 1.165) is 17.3 Å². The van der Waals surface area contributed by atoms with Crippen molar-refractivity contribution in [2.75, 3.05) is 0 Å². The van der Waals surface area contributed by atoms with Crippen molar-refractivity contribution < 1.29 is 0 Å². The van der Waals surface area contributed by atoms with Gasteiger partial charge in [-0.15, -0.1) is 0 Å². The van der Waals surface area contributed by atoms with Gasteiger partial charge in [0.05, 0.1) is 17.4 Å². The average molecular weight is 285 g/mol. The molecule has 112 valence electrons. The Kier molecular flexibility index (Phi) is 4.34. The highest BCUT2D eigenvalue weighted by molar-refractivity contribution is 5.77. The van der Waals surface area contributed by atoms with Crippen molar-refractivity contribution in [1.29, 1.82) is 0 Å². The monoisotopic (exact) mass is 285 g/mol. The Hall–Kier alpha value is -1.68. The maximum atomic E-state index is 12.0. The number of H-pyrrole nitrogens is 1. The van der Waals surface area contributed by atoms with Gasteiger partial charge in [0.1, 0.15) is 5.82 Å². The van der Waals surface area contributed by atoms with Crippen molar-refractivity contribution in [3.05, 3.63) is 40.4 Å².